The molecule has 0 radical (unpaired) electrons. The number of hydrogen-bond acceptors (Lipinski definition) is 3. The number of fused-ring (bicyclic) bond motifs is 1. The van der Waals surface area contributed by atoms with Crippen LogP contribution in [0.5, 0.6) is 0 Å². The van der Waals surface area contributed by atoms with Gasteiger partial charge < -0.3 is 24.8 Å². The summed E-state index contributed by atoms with van der Waals surface area (Å²) in [6, 6.07) is 16.9. The number of anilines is 1. The molecule has 0 bridgehead atoms. The van der Waals surface area contributed by atoms with Crippen LogP contribution in [0.4, 0.5) is 10.5 Å². The number of piperidine rings is 1. The smallest absolute Gasteiger partial charge is 0.319 e. The first kappa shape index (κ1) is 30.1. The Kier molecular flexibility index (Phi) is 10.6. The highest BCUT2D eigenvalue weighted by molar-refractivity contribution is 5.89. The Morgan fingerprint density at radius 1 is 0.952 bits per heavy atom. The number of para-hydroxylation sites is 1. The topological polar surface area (TPSA) is 75.6 Å². The third-order valence-corrected chi connectivity index (χ3v) is 9.17. The molecule has 2 heterocycles. The van der Waals surface area contributed by atoms with Crippen molar-refractivity contribution >= 4 is 28.5 Å². The van der Waals surface area contributed by atoms with E-state index < -0.39 is 0 Å². The van der Waals surface area contributed by atoms with Crippen LogP contribution >= 0.6 is 0 Å². The number of likely N-dealkylation sites (tertiary alicyclic amines) is 1. The van der Waals surface area contributed by atoms with Crippen LogP contribution in [0.1, 0.15) is 86.9 Å². The second-order valence-corrected chi connectivity index (χ2v) is 12.2. The van der Waals surface area contributed by atoms with Crippen molar-refractivity contribution in [1.29, 1.82) is 0 Å². The zero-order valence-corrected chi connectivity index (χ0v) is 25.5. The number of hydrogen-bond donors (Lipinski definition) is 2. The van der Waals surface area contributed by atoms with E-state index in [2.05, 4.69) is 63.4 Å². The molecule has 1 saturated carbocycles. The Morgan fingerprint density at radius 3 is 2.52 bits per heavy atom. The van der Waals surface area contributed by atoms with Gasteiger partial charge in [0.15, 0.2) is 0 Å². The van der Waals surface area contributed by atoms with E-state index in [-0.39, 0.29) is 11.9 Å². The van der Waals surface area contributed by atoms with E-state index in [0.29, 0.717) is 18.4 Å². The Bertz CT molecular complexity index is 1330. The quantitative estimate of drug-likeness (QED) is 0.239. The molecule has 5 rings (SSSR count). The monoisotopic (exact) mass is 572 g/mol. The number of aryl methyl sites for hydroxylation is 3. The fraction of sp³-hybridized carbons (Fsp3) is 0.543. The van der Waals surface area contributed by atoms with E-state index in [0.717, 1.165) is 76.9 Å². The third-order valence-electron chi connectivity index (χ3n) is 9.17. The standard InChI is InChI=1S/C35H48N4O3/c1-26-31-15-6-7-16-32(31)39(23-10-24-42-2)34(26)28-12-9-22-38(25-28)33(40)17-8-11-27-18-20-30(21-19-27)37-35(41)36-29-13-4-3-5-14-29/h6-7,15-16,18-21,28-29H,3-5,8-14,17,22-25H2,1-2H3,(H2,36,37,41). The number of benzene rings is 2. The van der Waals surface area contributed by atoms with Crippen LogP contribution in [0.15, 0.2) is 48.5 Å². The fourth-order valence-corrected chi connectivity index (χ4v) is 7.01. The highest BCUT2D eigenvalue weighted by Gasteiger charge is 2.29. The molecule has 7 heteroatoms. The Balaban J connectivity index is 1.12. The highest BCUT2D eigenvalue weighted by Crippen LogP contribution is 2.36. The van der Waals surface area contributed by atoms with Crippen molar-refractivity contribution in [2.24, 2.45) is 0 Å². The second kappa shape index (κ2) is 14.7. The van der Waals surface area contributed by atoms with Gasteiger partial charge in [0.25, 0.3) is 0 Å². The molecule has 1 aromatic heterocycles. The molecule has 7 nitrogen and oxygen atoms in total. The molecule has 2 aromatic carbocycles. The van der Waals surface area contributed by atoms with Crippen LogP contribution < -0.4 is 10.6 Å². The summed E-state index contributed by atoms with van der Waals surface area (Å²) < 4.78 is 7.83. The Labute approximate surface area is 251 Å². The molecule has 1 unspecified atom stereocenters. The van der Waals surface area contributed by atoms with Gasteiger partial charge in [-0.05, 0) is 81.2 Å². The molecule has 0 spiro atoms. The molecular weight excluding hydrogens is 524 g/mol. The zero-order chi connectivity index (χ0) is 29.3. The maximum Gasteiger partial charge on any atom is 0.319 e. The summed E-state index contributed by atoms with van der Waals surface area (Å²) in [5, 5.41) is 7.38. The van der Waals surface area contributed by atoms with Crippen molar-refractivity contribution in [3.8, 4) is 0 Å². The van der Waals surface area contributed by atoms with Crippen LogP contribution in [0, 0.1) is 6.92 Å². The second-order valence-electron chi connectivity index (χ2n) is 12.2. The van der Waals surface area contributed by atoms with Crippen LogP contribution in [-0.4, -0.2) is 54.3 Å². The van der Waals surface area contributed by atoms with E-state index in [4.69, 9.17) is 4.74 Å². The minimum atomic E-state index is -0.120. The first-order valence-electron chi connectivity index (χ1n) is 16.0. The number of amides is 3. The largest absolute Gasteiger partial charge is 0.385 e. The van der Waals surface area contributed by atoms with Gasteiger partial charge in [-0.15, -0.1) is 0 Å². The van der Waals surface area contributed by atoms with Crippen LogP contribution in [0.3, 0.4) is 0 Å². The summed E-state index contributed by atoms with van der Waals surface area (Å²) >= 11 is 0. The maximum atomic E-state index is 13.3. The molecule has 42 heavy (non-hydrogen) atoms. The van der Waals surface area contributed by atoms with E-state index in [1.54, 1.807) is 7.11 Å². The fourth-order valence-electron chi connectivity index (χ4n) is 7.01. The molecule has 2 aliphatic rings. The van der Waals surface area contributed by atoms with Crippen molar-refractivity contribution < 1.29 is 14.3 Å². The van der Waals surface area contributed by atoms with Gasteiger partial charge in [-0.2, -0.15) is 0 Å². The Morgan fingerprint density at radius 2 is 1.74 bits per heavy atom. The van der Waals surface area contributed by atoms with Gasteiger partial charge in [0.05, 0.1) is 0 Å². The molecule has 1 aliphatic heterocycles. The molecule has 226 valence electrons. The molecular formula is C35H48N4O3. The predicted octanol–water partition coefficient (Wildman–Crippen LogP) is 7.17. The highest BCUT2D eigenvalue weighted by atomic mass is 16.5. The van der Waals surface area contributed by atoms with Gasteiger partial charge in [-0.25, -0.2) is 4.79 Å². The predicted molar refractivity (Wildman–Crippen MR) is 170 cm³/mol. The lowest BCUT2D eigenvalue weighted by molar-refractivity contribution is -0.132. The number of rotatable bonds is 11. The van der Waals surface area contributed by atoms with Crippen molar-refractivity contribution in [2.75, 3.05) is 32.1 Å². The number of nitrogens with one attached hydrogen (secondary N) is 2. The molecule has 1 atom stereocenters. The summed E-state index contributed by atoms with van der Waals surface area (Å²) in [4.78, 5) is 27.8. The zero-order valence-electron chi connectivity index (χ0n) is 25.5. The average Bonchev–Trinajstić information content (AvgIpc) is 3.30. The Hall–Kier alpha value is -3.32. The van der Waals surface area contributed by atoms with Gasteiger partial charge >= 0.3 is 6.03 Å². The number of methoxy groups -OCH3 is 1. The van der Waals surface area contributed by atoms with Gasteiger partial charge in [0.2, 0.25) is 5.91 Å². The van der Waals surface area contributed by atoms with Gasteiger partial charge in [0, 0.05) is 74.0 Å². The molecule has 1 saturated heterocycles. The van der Waals surface area contributed by atoms with Crippen LogP contribution in [0.2, 0.25) is 0 Å². The van der Waals surface area contributed by atoms with Gasteiger partial charge in [-0.1, -0.05) is 49.6 Å². The van der Waals surface area contributed by atoms with Crippen molar-refractivity contribution in [3.63, 3.8) is 0 Å². The molecule has 2 fully saturated rings. The first-order chi connectivity index (χ1) is 20.5. The van der Waals surface area contributed by atoms with Crippen LogP contribution in [-0.2, 0) is 22.5 Å². The molecule has 3 amide bonds. The summed E-state index contributed by atoms with van der Waals surface area (Å²) in [7, 11) is 1.76. The van der Waals surface area contributed by atoms with Gasteiger partial charge in [0.1, 0.15) is 0 Å². The number of carbonyl (C=O) groups is 2. The molecule has 1 aliphatic carbocycles. The van der Waals surface area contributed by atoms with Crippen molar-refractivity contribution in [1.82, 2.24) is 14.8 Å². The van der Waals surface area contributed by atoms with E-state index in [1.165, 1.54) is 47.0 Å². The van der Waals surface area contributed by atoms with Crippen LogP contribution in [0.25, 0.3) is 10.9 Å². The lowest BCUT2D eigenvalue weighted by atomic mass is 9.91. The molecule has 3 aromatic rings. The third kappa shape index (κ3) is 7.54. The minimum absolute atomic E-state index is 0.120. The SMILES string of the molecule is COCCCn1c(C2CCCN(C(=O)CCCc3ccc(NC(=O)NC4CCCCC4)cc3)C2)c(C)c2ccccc21. The summed E-state index contributed by atoms with van der Waals surface area (Å²) in [6.45, 7) is 5.57. The number of urea groups is 1. The number of ether oxygens (including phenoxy) is 1. The number of carbonyl (C=O) groups excluding carboxylic acids is 2. The normalized spacial score (nSPS) is 17.9. The van der Waals surface area contributed by atoms with Crippen molar-refractivity contribution in [3.05, 3.63) is 65.4 Å². The maximum absolute atomic E-state index is 13.3. The summed E-state index contributed by atoms with van der Waals surface area (Å²) in [6.07, 6.45) is 11.2. The number of nitrogens with zero attached hydrogens (tertiary/aromatic N) is 2. The van der Waals surface area contributed by atoms with E-state index in [1.807, 2.05) is 12.1 Å². The van der Waals surface area contributed by atoms with Gasteiger partial charge in [-0.3, -0.25) is 4.79 Å². The lowest BCUT2D eigenvalue weighted by Gasteiger charge is -2.34. The minimum Gasteiger partial charge on any atom is -0.385 e. The first-order valence-corrected chi connectivity index (χ1v) is 16.0. The van der Waals surface area contributed by atoms with E-state index in [9.17, 15) is 9.59 Å². The molecule has 2 N–H and O–H groups in total. The average molecular weight is 573 g/mol. The summed E-state index contributed by atoms with van der Waals surface area (Å²) in [5.41, 5.74) is 6.03. The lowest BCUT2D eigenvalue weighted by Crippen LogP contribution is -2.39. The number of aromatic nitrogens is 1. The van der Waals surface area contributed by atoms with Crippen molar-refractivity contribution in [2.45, 2.75) is 96.1 Å². The summed E-state index contributed by atoms with van der Waals surface area (Å²) in [5.74, 6) is 0.616. The van der Waals surface area contributed by atoms with E-state index >= 15 is 0 Å².